The number of aliphatic imine (C=N–C) groups is 1. The van der Waals surface area contributed by atoms with Gasteiger partial charge in [0, 0.05) is 25.2 Å². The number of aryl methyl sites for hydroxylation is 1. The van der Waals surface area contributed by atoms with Gasteiger partial charge in [0.2, 0.25) is 0 Å². The molecule has 1 aliphatic rings. The van der Waals surface area contributed by atoms with Crippen LogP contribution in [0.15, 0.2) is 29.3 Å². The summed E-state index contributed by atoms with van der Waals surface area (Å²) in [5, 5.41) is 3.03. The van der Waals surface area contributed by atoms with Crippen molar-refractivity contribution in [3.8, 4) is 0 Å². The first-order valence-corrected chi connectivity index (χ1v) is 9.69. The fraction of sp³-hybridized carbons (Fsp3) is 0.562. The van der Waals surface area contributed by atoms with Gasteiger partial charge >= 0.3 is 0 Å². The summed E-state index contributed by atoms with van der Waals surface area (Å²) in [7, 11) is -3.24. The molecule has 0 amide bonds. The lowest BCUT2D eigenvalue weighted by molar-refractivity contribution is 0.0768. The Morgan fingerprint density at radius 2 is 2.09 bits per heavy atom. The van der Waals surface area contributed by atoms with Gasteiger partial charge in [0.25, 0.3) is 0 Å². The molecule has 1 aromatic rings. The van der Waals surface area contributed by atoms with E-state index in [4.69, 9.17) is 10.5 Å². The third-order valence-electron chi connectivity index (χ3n) is 4.34. The Balaban J connectivity index is 2.10. The molecule has 0 bridgehead atoms. The summed E-state index contributed by atoms with van der Waals surface area (Å²) in [6.45, 7) is 3.11. The molecule has 7 heteroatoms. The molecule has 1 saturated heterocycles. The van der Waals surface area contributed by atoms with Crippen molar-refractivity contribution in [2.75, 3.05) is 31.3 Å². The van der Waals surface area contributed by atoms with Crippen molar-refractivity contribution in [2.24, 2.45) is 10.7 Å². The maximum atomic E-state index is 12.2. The smallest absolute Gasteiger partial charge is 0.193 e. The number of guanidine groups is 1. The summed E-state index contributed by atoms with van der Waals surface area (Å²) < 4.78 is 28.8. The van der Waals surface area contributed by atoms with E-state index in [2.05, 4.69) is 17.2 Å². The predicted octanol–water partition coefficient (Wildman–Crippen LogP) is 1.57. The summed E-state index contributed by atoms with van der Waals surface area (Å²) in [6, 6.07) is 7.90. The van der Waals surface area contributed by atoms with Gasteiger partial charge in [-0.05, 0) is 37.0 Å². The Morgan fingerprint density at radius 1 is 1.39 bits per heavy atom. The van der Waals surface area contributed by atoms with Crippen molar-refractivity contribution in [1.29, 1.82) is 0 Å². The Bertz CT molecular complexity index is 665. The van der Waals surface area contributed by atoms with Crippen LogP contribution in [-0.2, 0) is 21.0 Å². The van der Waals surface area contributed by atoms with Crippen LogP contribution < -0.4 is 11.1 Å². The van der Waals surface area contributed by atoms with Crippen molar-refractivity contribution < 1.29 is 13.2 Å². The number of ether oxygens (including phenoxy) is 1. The molecule has 0 atom stereocenters. The van der Waals surface area contributed by atoms with E-state index in [9.17, 15) is 8.42 Å². The molecular weight excluding hydrogens is 314 g/mol. The topological polar surface area (TPSA) is 93.8 Å². The van der Waals surface area contributed by atoms with Crippen LogP contribution in [0.25, 0.3) is 0 Å². The summed E-state index contributed by atoms with van der Waals surface area (Å²) in [5.74, 6) is 0.229. The summed E-state index contributed by atoms with van der Waals surface area (Å²) in [6.07, 6.45) is 3.10. The highest BCUT2D eigenvalue weighted by Gasteiger charge is 2.42. The molecule has 6 nitrogen and oxygen atoms in total. The number of nitrogens with zero attached hydrogens (tertiary/aromatic N) is 1. The minimum absolute atomic E-state index is 0.154. The fourth-order valence-corrected chi connectivity index (χ4v) is 3.88. The lowest BCUT2D eigenvalue weighted by Gasteiger charge is -2.34. The van der Waals surface area contributed by atoms with Gasteiger partial charge in [-0.3, -0.25) is 4.99 Å². The van der Waals surface area contributed by atoms with Crippen molar-refractivity contribution in [1.82, 2.24) is 0 Å². The molecule has 0 aromatic heterocycles. The number of nitrogens with two attached hydrogens (primary N) is 1. The molecule has 128 valence electrons. The van der Waals surface area contributed by atoms with Gasteiger partial charge in [-0.15, -0.1) is 0 Å². The van der Waals surface area contributed by atoms with E-state index >= 15 is 0 Å². The van der Waals surface area contributed by atoms with Crippen LogP contribution in [-0.4, -0.2) is 45.1 Å². The van der Waals surface area contributed by atoms with Crippen LogP contribution in [0.3, 0.4) is 0 Å². The molecule has 1 aliphatic heterocycles. The minimum atomic E-state index is -3.24. The number of sulfone groups is 1. The molecule has 0 unspecified atom stereocenters. The Morgan fingerprint density at radius 3 is 2.70 bits per heavy atom. The molecule has 1 fully saturated rings. The molecule has 0 saturated carbocycles. The highest BCUT2D eigenvalue weighted by Crippen LogP contribution is 2.29. The molecule has 1 aromatic carbocycles. The Hall–Kier alpha value is -1.60. The molecular formula is C16H25N3O3S. The van der Waals surface area contributed by atoms with Crippen molar-refractivity contribution in [2.45, 2.75) is 30.9 Å². The minimum Gasteiger partial charge on any atom is -0.381 e. The van der Waals surface area contributed by atoms with Crippen LogP contribution in [0.5, 0.6) is 0 Å². The lowest BCUT2D eigenvalue weighted by atomic mass is 9.99. The monoisotopic (exact) mass is 339 g/mol. The highest BCUT2D eigenvalue weighted by molar-refractivity contribution is 7.92. The van der Waals surface area contributed by atoms with Crippen molar-refractivity contribution in [3.05, 3.63) is 29.8 Å². The van der Waals surface area contributed by atoms with Gasteiger partial charge in [-0.2, -0.15) is 0 Å². The van der Waals surface area contributed by atoms with Crippen LogP contribution in [0.4, 0.5) is 5.69 Å². The van der Waals surface area contributed by atoms with E-state index in [1.165, 1.54) is 11.8 Å². The summed E-state index contributed by atoms with van der Waals surface area (Å²) in [5.41, 5.74) is 7.98. The Kier molecular flexibility index (Phi) is 5.64. The van der Waals surface area contributed by atoms with E-state index in [1.807, 2.05) is 24.3 Å². The van der Waals surface area contributed by atoms with E-state index in [1.54, 1.807) is 0 Å². The van der Waals surface area contributed by atoms with Gasteiger partial charge in [-0.25, -0.2) is 8.42 Å². The van der Waals surface area contributed by atoms with Crippen LogP contribution in [0.1, 0.15) is 25.3 Å². The number of rotatable bonds is 5. The molecule has 23 heavy (non-hydrogen) atoms. The first kappa shape index (κ1) is 17.7. The van der Waals surface area contributed by atoms with Gasteiger partial charge in [0.1, 0.15) is 0 Å². The molecule has 0 radical (unpaired) electrons. The largest absolute Gasteiger partial charge is 0.381 e. The van der Waals surface area contributed by atoms with Gasteiger partial charge in [0.05, 0.1) is 11.3 Å². The zero-order chi connectivity index (χ0) is 16.9. The maximum Gasteiger partial charge on any atom is 0.193 e. The average molecular weight is 339 g/mol. The van der Waals surface area contributed by atoms with Crippen LogP contribution in [0, 0.1) is 0 Å². The second-order valence-electron chi connectivity index (χ2n) is 5.95. The van der Waals surface area contributed by atoms with E-state index in [0.717, 1.165) is 12.1 Å². The molecule has 1 heterocycles. The van der Waals surface area contributed by atoms with Crippen LogP contribution >= 0.6 is 0 Å². The number of anilines is 1. The second-order valence-corrected chi connectivity index (χ2v) is 8.36. The maximum absolute atomic E-state index is 12.2. The van der Waals surface area contributed by atoms with Gasteiger partial charge < -0.3 is 15.8 Å². The summed E-state index contributed by atoms with van der Waals surface area (Å²) >= 11 is 0. The molecule has 2 rings (SSSR count). The summed E-state index contributed by atoms with van der Waals surface area (Å²) in [4.78, 5) is 4.29. The van der Waals surface area contributed by atoms with Gasteiger partial charge in [-0.1, -0.05) is 19.1 Å². The Labute approximate surface area is 138 Å². The number of hydrogen-bond donors (Lipinski definition) is 2. The fourth-order valence-electron chi connectivity index (χ4n) is 2.68. The van der Waals surface area contributed by atoms with Gasteiger partial charge in [0.15, 0.2) is 15.8 Å². The zero-order valence-corrected chi connectivity index (χ0v) is 14.5. The SMILES string of the molecule is CCc1cccc(NC(N)=NCC2(S(C)(=O)=O)CCOCC2)c1. The normalized spacial score (nSPS) is 18.6. The average Bonchev–Trinajstić information content (AvgIpc) is 2.53. The first-order chi connectivity index (χ1) is 10.9. The number of nitrogens with one attached hydrogen (secondary N) is 1. The lowest BCUT2D eigenvalue weighted by Crippen LogP contribution is -2.46. The molecule has 3 N–H and O–H groups in total. The molecule has 0 aliphatic carbocycles. The number of hydrogen-bond acceptors (Lipinski definition) is 4. The number of benzene rings is 1. The van der Waals surface area contributed by atoms with E-state index in [-0.39, 0.29) is 12.5 Å². The van der Waals surface area contributed by atoms with E-state index < -0.39 is 14.6 Å². The second kappa shape index (κ2) is 7.31. The zero-order valence-electron chi connectivity index (χ0n) is 13.7. The standard InChI is InChI=1S/C16H25N3O3S/c1-3-13-5-4-6-14(11-13)19-15(17)18-12-16(23(2,20)21)7-9-22-10-8-16/h4-6,11H,3,7-10,12H2,1-2H3,(H3,17,18,19). The molecule has 0 spiro atoms. The third-order valence-corrected chi connectivity index (χ3v) is 6.45. The van der Waals surface area contributed by atoms with Crippen molar-refractivity contribution >= 4 is 21.5 Å². The van der Waals surface area contributed by atoms with Crippen LogP contribution in [0.2, 0.25) is 0 Å². The first-order valence-electron chi connectivity index (χ1n) is 7.79. The third kappa shape index (κ3) is 4.45. The predicted molar refractivity (Wildman–Crippen MR) is 93.6 cm³/mol. The van der Waals surface area contributed by atoms with E-state index in [0.29, 0.717) is 26.1 Å². The quantitative estimate of drug-likeness (QED) is 0.627. The van der Waals surface area contributed by atoms with Crippen molar-refractivity contribution in [3.63, 3.8) is 0 Å². The highest BCUT2D eigenvalue weighted by atomic mass is 32.2.